The molecule has 1 aromatic carbocycles. The van der Waals surface area contributed by atoms with Crippen LogP contribution in [0.15, 0.2) is 24.3 Å². The summed E-state index contributed by atoms with van der Waals surface area (Å²) in [6, 6.07) is 6.21. The molecule has 21 heavy (non-hydrogen) atoms. The monoisotopic (exact) mass is 313 g/mol. The normalized spacial score (nSPS) is 11.8. The van der Waals surface area contributed by atoms with Crippen molar-refractivity contribution in [1.82, 2.24) is 5.32 Å². The minimum atomic E-state index is -0.265. The fourth-order valence-electron chi connectivity index (χ4n) is 1.65. The summed E-state index contributed by atoms with van der Waals surface area (Å²) in [6.45, 7) is 2.28. The quantitative estimate of drug-likeness (QED) is 0.746. The van der Waals surface area contributed by atoms with E-state index in [0.29, 0.717) is 24.5 Å². The lowest BCUT2D eigenvalue weighted by Crippen LogP contribution is -2.28. The van der Waals surface area contributed by atoms with Gasteiger partial charge in [0.05, 0.1) is 18.8 Å². The average molecular weight is 313 g/mol. The van der Waals surface area contributed by atoms with E-state index in [2.05, 4.69) is 10.1 Å². The first-order valence-corrected chi connectivity index (χ1v) is 7.85. The molecule has 0 spiro atoms. The highest BCUT2D eigenvalue weighted by Gasteiger charge is 2.13. The molecule has 1 rings (SSSR count). The lowest BCUT2D eigenvalue weighted by molar-refractivity contribution is -0.144. The van der Waals surface area contributed by atoms with Crippen LogP contribution in [0.5, 0.6) is 0 Å². The number of rotatable bonds is 8. The predicted molar refractivity (Wildman–Crippen MR) is 81.6 cm³/mol. The Bertz CT molecular complexity index is 464. The molecule has 0 aliphatic carbocycles. The minimum Gasteiger partial charge on any atom is -0.469 e. The van der Waals surface area contributed by atoms with Crippen LogP contribution < -0.4 is 5.32 Å². The minimum absolute atomic E-state index is 0.0702. The van der Waals surface area contributed by atoms with Crippen molar-refractivity contribution in [3.63, 3.8) is 0 Å². The zero-order valence-corrected chi connectivity index (χ0v) is 13.0. The highest BCUT2D eigenvalue weighted by molar-refractivity contribution is 7.99. The largest absolute Gasteiger partial charge is 0.469 e. The van der Waals surface area contributed by atoms with Crippen molar-refractivity contribution in [1.29, 1.82) is 0 Å². The fourth-order valence-corrected chi connectivity index (χ4v) is 2.54. The SMILES string of the molecule is COC(=O)C(C)CSCC(=O)NCCc1ccc(F)cc1. The molecule has 1 aromatic rings. The van der Waals surface area contributed by atoms with Crippen LogP contribution in [-0.2, 0) is 20.7 Å². The molecule has 1 atom stereocenters. The van der Waals surface area contributed by atoms with E-state index in [1.54, 1.807) is 19.1 Å². The molecule has 0 radical (unpaired) electrons. The predicted octanol–water partition coefficient (Wildman–Crippen LogP) is 2.03. The van der Waals surface area contributed by atoms with Crippen LogP contribution in [0.4, 0.5) is 4.39 Å². The van der Waals surface area contributed by atoms with E-state index in [1.165, 1.54) is 31.0 Å². The average Bonchev–Trinajstić information content (AvgIpc) is 2.48. The van der Waals surface area contributed by atoms with Gasteiger partial charge in [0.25, 0.3) is 0 Å². The Balaban J connectivity index is 2.14. The van der Waals surface area contributed by atoms with Gasteiger partial charge >= 0.3 is 5.97 Å². The van der Waals surface area contributed by atoms with Gasteiger partial charge in [-0.3, -0.25) is 9.59 Å². The molecule has 1 unspecified atom stereocenters. The Kier molecular flexibility index (Phi) is 7.82. The van der Waals surface area contributed by atoms with Gasteiger partial charge in [-0.05, 0) is 24.1 Å². The number of carbonyl (C=O) groups excluding carboxylic acids is 2. The first-order valence-electron chi connectivity index (χ1n) is 6.69. The first kappa shape index (κ1) is 17.5. The standard InChI is InChI=1S/C15H20FNO3S/c1-11(15(19)20-2)9-21-10-14(18)17-8-7-12-3-5-13(16)6-4-12/h3-6,11H,7-10H2,1-2H3,(H,17,18). The van der Waals surface area contributed by atoms with Crippen molar-refractivity contribution < 1.29 is 18.7 Å². The van der Waals surface area contributed by atoms with Crippen LogP contribution >= 0.6 is 11.8 Å². The zero-order valence-electron chi connectivity index (χ0n) is 12.2. The number of thioether (sulfide) groups is 1. The molecule has 4 nitrogen and oxygen atoms in total. The molecule has 0 fully saturated rings. The molecule has 0 saturated heterocycles. The van der Waals surface area contributed by atoms with Gasteiger partial charge in [0, 0.05) is 12.3 Å². The van der Waals surface area contributed by atoms with Crippen LogP contribution in [0.25, 0.3) is 0 Å². The van der Waals surface area contributed by atoms with E-state index in [0.717, 1.165) is 5.56 Å². The topological polar surface area (TPSA) is 55.4 Å². The lowest BCUT2D eigenvalue weighted by Gasteiger charge is -2.09. The summed E-state index contributed by atoms with van der Waals surface area (Å²) < 4.78 is 17.3. The third-order valence-electron chi connectivity index (χ3n) is 2.85. The van der Waals surface area contributed by atoms with Gasteiger partial charge in [0.1, 0.15) is 5.82 Å². The van der Waals surface area contributed by atoms with Crippen molar-refractivity contribution in [2.75, 3.05) is 25.2 Å². The van der Waals surface area contributed by atoms with Crippen LogP contribution in [0.1, 0.15) is 12.5 Å². The highest BCUT2D eigenvalue weighted by atomic mass is 32.2. The van der Waals surface area contributed by atoms with Crippen LogP contribution in [0, 0.1) is 11.7 Å². The molecular weight excluding hydrogens is 293 g/mol. The van der Waals surface area contributed by atoms with E-state index < -0.39 is 0 Å². The Morgan fingerprint density at radius 1 is 1.33 bits per heavy atom. The number of carbonyl (C=O) groups is 2. The van der Waals surface area contributed by atoms with Gasteiger partial charge in [0.2, 0.25) is 5.91 Å². The molecular formula is C15H20FNO3S. The molecule has 0 aliphatic heterocycles. The summed E-state index contributed by atoms with van der Waals surface area (Å²) in [7, 11) is 1.35. The first-order chi connectivity index (χ1) is 10.0. The summed E-state index contributed by atoms with van der Waals surface area (Å²) >= 11 is 1.40. The second-order valence-corrected chi connectivity index (χ2v) is 5.70. The number of nitrogens with one attached hydrogen (secondary N) is 1. The molecule has 1 amide bonds. The third kappa shape index (κ3) is 7.13. The maximum absolute atomic E-state index is 12.7. The molecule has 116 valence electrons. The number of methoxy groups -OCH3 is 1. The Hall–Kier alpha value is -1.56. The van der Waals surface area contributed by atoms with E-state index in [4.69, 9.17) is 0 Å². The van der Waals surface area contributed by atoms with Gasteiger partial charge in [0.15, 0.2) is 0 Å². The molecule has 0 saturated carbocycles. The Labute approximate surface area is 128 Å². The summed E-state index contributed by atoms with van der Waals surface area (Å²) in [5.41, 5.74) is 0.976. The van der Waals surface area contributed by atoms with E-state index in [1.807, 2.05) is 0 Å². The van der Waals surface area contributed by atoms with Crippen molar-refractivity contribution in [3.05, 3.63) is 35.6 Å². The van der Waals surface area contributed by atoms with Crippen LogP contribution in [0.3, 0.4) is 0 Å². The van der Waals surface area contributed by atoms with E-state index in [-0.39, 0.29) is 23.6 Å². The van der Waals surface area contributed by atoms with Gasteiger partial charge in [-0.15, -0.1) is 0 Å². The number of benzene rings is 1. The van der Waals surface area contributed by atoms with Crippen molar-refractivity contribution in [3.8, 4) is 0 Å². The molecule has 1 N–H and O–H groups in total. The van der Waals surface area contributed by atoms with Gasteiger partial charge < -0.3 is 10.1 Å². The van der Waals surface area contributed by atoms with Gasteiger partial charge in [-0.25, -0.2) is 4.39 Å². The maximum atomic E-state index is 12.7. The lowest BCUT2D eigenvalue weighted by atomic mass is 10.1. The molecule has 6 heteroatoms. The van der Waals surface area contributed by atoms with Crippen LogP contribution in [0.2, 0.25) is 0 Å². The van der Waals surface area contributed by atoms with Gasteiger partial charge in [-0.2, -0.15) is 11.8 Å². The van der Waals surface area contributed by atoms with Crippen molar-refractivity contribution >= 4 is 23.6 Å². The van der Waals surface area contributed by atoms with Gasteiger partial charge in [-0.1, -0.05) is 19.1 Å². The van der Waals surface area contributed by atoms with Crippen molar-refractivity contribution in [2.45, 2.75) is 13.3 Å². The maximum Gasteiger partial charge on any atom is 0.309 e. The van der Waals surface area contributed by atoms with Crippen LogP contribution in [-0.4, -0.2) is 37.0 Å². The number of hydrogen-bond acceptors (Lipinski definition) is 4. The second-order valence-electron chi connectivity index (χ2n) is 4.67. The number of esters is 1. The highest BCUT2D eigenvalue weighted by Crippen LogP contribution is 2.09. The zero-order chi connectivity index (χ0) is 15.7. The summed E-state index contributed by atoms with van der Waals surface area (Å²) in [5.74, 6) is 0.0485. The summed E-state index contributed by atoms with van der Waals surface area (Å²) in [4.78, 5) is 22.8. The molecule has 0 bridgehead atoms. The fraction of sp³-hybridized carbons (Fsp3) is 0.467. The molecule has 0 heterocycles. The second kappa shape index (κ2) is 9.39. The van der Waals surface area contributed by atoms with E-state index >= 15 is 0 Å². The third-order valence-corrected chi connectivity index (χ3v) is 4.06. The smallest absolute Gasteiger partial charge is 0.309 e. The number of halogens is 1. The molecule has 0 aromatic heterocycles. The number of hydrogen-bond donors (Lipinski definition) is 1. The Morgan fingerprint density at radius 2 is 2.00 bits per heavy atom. The Morgan fingerprint density at radius 3 is 2.62 bits per heavy atom. The summed E-state index contributed by atoms with van der Waals surface area (Å²) in [5, 5.41) is 2.79. The number of amides is 1. The van der Waals surface area contributed by atoms with E-state index in [9.17, 15) is 14.0 Å². The molecule has 0 aliphatic rings. The summed E-state index contributed by atoms with van der Waals surface area (Å²) in [6.07, 6.45) is 0.662. The number of ether oxygens (including phenoxy) is 1. The van der Waals surface area contributed by atoms with Crippen molar-refractivity contribution in [2.24, 2.45) is 5.92 Å².